The fraction of sp³-hybridized carbons (Fsp3) is 0.441. The minimum atomic E-state index is -3.41. The molecule has 0 aliphatic carbocycles. The molecule has 5 aliphatic heterocycles. The summed E-state index contributed by atoms with van der Waals surface area (Å²) in [6.45, 7) is 19.6. The Balaban J connectivity index is 0.000000130. The van der Waals surface area contributed by atoms with Crippen LogP contribution in [0.25, 0.3) is 32.7 Å². The maximum atomic E-state index is 12.1. The minimum Gasteiger partial charge on any atom is -0.383 e. The summed E-state index contributed by atoms with van der Waals surface area (Å²) in [4.78, 5) is 38.0. The van der Waals surface area contributed by atoms with E-state index in [1.165, 1.54) is 52.2 Å². The molecule has 0 unspecified atom stereocenters. The molecule has 0 saturated carbocycles. The van der Waals surface area contributed by atoms with E-state index in [4.69, 9.17) is 40.5 Å². The number of nitrogens with zero attached hydrogens (tertiary/aromatic N) is 14. The number of H-pyrrole nitrogens is 3. The lowest BCUT2D eigenvalue weighted by Gasteiger charge is -2.48. The summed E-state index contributed by atoms with van der Waals surface area (Å²) in [5.41, 5.74) is 14.7. The first-order valence-corrected chi connectivity index (χ1v) is 33.7. The number of carbonyl (C=O) groups is 1. The number of sulfonamides is 2. The second kappa shape index (κ2) is 25.5. The van der Waals surface area contributed by atoms with Gasteiger partial charge in [0.25, 0.3) is 0 Å². The highest BCUT2D eigenvalue weighted by atomic mass is 35.5. The fourth-order valence-electron chi connectivity index (χ4n) is 12.4. The average Bonchev–Trinajstić information content (AvgIpc) is 1.97. The molecule has 0 bridgehead atoms. The Hall–Kier alpha value is -7.16. The van der Waals surface area contributed by atoms with Gasteiger partial charge in [0, 0.05) is 176 Å². The number of benzene rings is 4. The number of anilines is 6. The van der Waals surface area contributed by atoms with Crippen LogP contribution in [0, 0.1) is 0 Å². The van der Waals surface area contributed by atoms with Crippen molar-refractivity contribution in [3.05, 3.63) is 112 Å². The van der Waals surface area contributed by atoms with Crippen molar-refractivity contribution >= 4 is 134 Å². The predicted molar refractivity (Wildman–Crippen MR) is 351 cm³/mol. The molecule has 4 fully saturated rings. The molecule has 13 rings (SSSR count). The van der Waals surface area contributed by atoms with E-state index in [0.717, 1.165) is 130 Å². The molecule has 23 nitrogen and oxygen atoms in total. The van der Waals surface area contributed by atoms with Crippen LogP contribution >= 0.6 is 34.8 Å². The maximum absolute atomic E-state index is 12.1. The normalized spacial score (nSPS) is 17.9. The third-order valence-electron chi connectivity index (χ3n) is 16.6. The van der Waals surface area contributed by atoms with Crippen molar-refractivity contribution in [3.63, 3.8) is 0 Å². The lowest BCUT2D eigenvalue weighted by atomic mass is 9.96. The summed E-state index contributed by atoms with van der Waals surface area (Å²) in [5.74, 6) is 1.47. The number of rotatable bonds is 8. The van der Waals surface area contributed by atoms with Crippen LogP contribution in [0.2, 0.25) is 15.1 Å². The monoisotopic (exact) mass is 1280 g/mol. The number of nitrogens with two attached hydrogens (primary N) is 1. The fourth-order valence-corrected chi connectivity index (χ4v) is 14.9. The van der Waals surface area contributed by atoms with E-state index in [-0.39, 0.29) is 11.4 Å². The number of hydrogen-bond donors (Lipinski definition) is 4. The van der Waals surface area contributed by atoms with Crippen LogP contribution in [0.4, 0.5) is 34.4 Å². The van der Waals surface area contributed by atoms with Crippen molar-refractivity contribution < 1.29 is 21.6 Å². The van der Waals surface area contributed by atoms with Crippen LogP contribution in [0.3, 0.4) is 0 Å². The number of aromatic amines is 3. The van der Waals surface area contributed by atoms with Crippen molar-refractivity contribution in [2.45, 2.75) is 71.5 Å². The van der Waals surface area contributed by atoms with E-state index in [9.17, 15) is 21.6 Å². The van der Waals surface area contributed by atoms with E-state index in [2.05, 4.69) is 83.9 Å². The minimum absolute atomic E-state index is 0.119. The topological polar surface area (TPSA) is 261 Å². The SMILES string of the molecule is CC(=O)N1CCN(c2cc(Cl)cc3c2CN=C3N)CC1(C)C.CN(c1cc(N2CCN(S(C)(=O)=O)C(C)(C)C2)c2cn[nH]c2c1)S(C)(=O)=O.Clc1cc(N2CCCCC2)c2cn[nH]c2c1.Clc1cc(N2CCN(c3ncccn3)CC2)c2cn[nH]c2c1. The number of aromatic nitrogens is 8. The summed E-state index contributed by atoms with van der Waals surface area (Å²) in [6, 6.07) is 17.1. The molecule has 4 aromatic carbocycles. The number of aliphatic imine (C=N–C) groups is 1. The molecular formula is C59H75Cl3N18O5S2. The lowest BCUT2D eigenvalue weighted by Crippen LogP contribution is -2.60. The molecule has 464 valence electrons. The Morgan fingerprint density at radius 3 is 1.59 bits per heavy atom. The van der Waals surface area contributed by atoms with Gasteiger partial charge in [-0.15, -0.1) is 0 Å². The molecule has 0 spiro atoms. The van der Waals surface area contributed by atoms with Crippen LogP contribution in [0.1, 0.15) is 65.0 Å². The predicted octanol–water partition coefficient (Wildman–Crippen LogP) is 8.36. The molecule has 5 aliphatic rings. The van der Waals surface area contributed by atoms with Crippen LogP contribution in [-0.4, -0.2) is 188 Å². The Labute approximate surface area is 522 Å². The number of nitrogens with one attached hydrogen (secondary N) is 3. The van der Waals surface area contributed by atoms with E-state index in [0.29, 0.717) is 49.3 Å². The van der Waals surface area contributed by atoms with Crippen LogP contribution in [0.15, 0.2) is 90.6 Å². The Bertz CT molecular complexity index is 4050. The molecule has 9 heterocycles. The van der Waals surface area contributed by atoms with Crippen molar-refractivity contribution in [1.82, 2.24) is 49.8 Å². The second-order valence-corrected chi connectivity index (χ2v) is 29.0. The van der Waals surface area contributed by atoms with Crippen LogP contribution in [0.5, 0.6) is 0 Å². The standard InChI is InChI=1S/C16H21ClN4O.C16H25N5O4S2.C15H15ClN6.C12H14ClN3/c1-10(22)21-5-4-20(9-16(21,2)3)14-7-11(17)6-12-13(14)8-19-15(12)18;1-16(2)11-20(6-7-21(16)27(5,24)25)15-9-12(19(3)26(4,22)23)8-14-13(15)10-17-18-14;16-11-8-13-12(10-19-20-13)14(9-11)21-4-6-22(7-5-21)15-17-2-1-3-18-15;13-9-6-11-10(8-14-15-11)12(7-9)16-4-2-1-3-5-16/h6-7H,4-5,8-9H2,1-3H3,(H2,18,19);8-10H,6-7,11H2,1-5H3,(H,17,18);1-3,8-10H,4-7H2,(H,19,20);6-8H,1-5H2,(H,14,15). The van der Waals surface area contributed by atoms with E-state index in [1.54, 1.807) is 31.6 Å². The molecule has 0 atom stereocenters. The zero-order valence-corrected chi connectivity index (χ0v) is 54.1. The van der Waals surface area contributed by atoms with Crippen molar-refractivity contribution in [1.29, 1.82) is 0 Å². The van der Waals surface area contributed by atoms with Gasteiger partial charge >= 0.3 is 0 Å². The molecule has 8 aromatic rings. The number of amides is 1. The number of carbonyl (C=O) groups excluding carboxylic acids is 1. The molecule has 1 amide bonds. The van der Waals surface area contributed by atoms with Crippen molar-refractivity contribution in [3.8, 4) is 0 Å². The highest BCUT2D eigenvalue weighted by Crippen LogP contribution is 2.38. The number of hydrogen-bond acceptors (Lipinski definition) is 17. The summed E-state index contributed by atoms with van der Waals surface area (Å²) in [5, 5.41) is 26.5. The highest BCUT2D eigenvalue weighted by molar-refractivity contribution is 7.92. The van der Waals surface area contributed by atoms with Crippen LogP contribution in [-0.2, 0) is 31.4 Å². The summed E-state index contributed by atoms with van der Waals surface area (Å²) < 4.78 is 50.8. The molecule has 87 heavy (non-hydrogen) atoms. The zero-order valence-electron chi connectivity index (χ0n) is 50.2. The highest BCUT2D eigenvalue weighted by Gasteiger charge is 2.40. The van der Waals surface area contributed by atoms with Gasteiger partial charge in [0.1, 0.15) is 5.84 Å². The van der Waals surface area contributed by atoms with Gasteiger partial charge in [-0.25, -0.2) is 26.8 Å². The van der Waals surface area contributed by atoms with Crippen molar-refractivity contribution in [2.75, 3.05) is 127 Å². The first kappa shape index (κ1) is 62.9. The maximum Gasteiger partial charge on any atom is 0.231 e. The van der Waals surface area contributed by atoms with Crippen LogP contribution < -0.4 is 34.5 Å². The van der Waals surface area contributed by atoms with Gasteiger partial charge in [0.2, 0.25) is 31.9 Å². The largest absolute Gasteiger partial charge is 0.383 e. The number of fused-ring (bicyclic) bond motifs is 4. The smallest absolute Gasteiger partial charge is 0.231 e. The summed E-state index contributed by atoms with van der Waals surface area (Å²) in [7, 11) is -5.22. The number of piperazine rings is 3. The third kappa shape index (κ3) is 14.1. The van der Waals surface area contributed by atoms with Gasteiger partial charge in [0.05, 0.1) is 65.4 Å². The number of halogens is 3. The molecule has 4 aromatic heterocycles. The molecule has 4 saturated heterocycles. The molecule has 28 heteroatoms. The zero-order chi connectivity index (χ0) is 62.2. The van der Waals surface area contributed by atoms with Crippen molar-refractivity contribution in [2.24, 2.45) is 10.7 Å². The van der Waals surface area contributed by atoms with E-state index in [1.807, 2.05) is 79.7 Å². The Morgan fingerprint density at radius 1 is 0.586 bits per heavy atom. The number of amidine groups is 1. The quantitative estimate of drug-likeness (QED) is 0.111. The average molecular weight is 1290 g/mol. The lowest BCUT2D eigenvalue weighted by molar-refractivity contribution is -0.134. The Kier molecular flexibility index (Phi) is 18.4. The van der Waals surface area contributed by atoms with Gasteiger partial charge in [-0.1, -0.05) is 34.8 Å². The number of piperidine rings is 1. The van der Waals surface area contributed by atoms with Gasteiger partial charge in [-0.05, 0) is 102 Å². The molecule has 5 N–H and O–H groups in total. The molecular weight excluding hydrogens is 1210 g/mol. The van der Waals surface area contributed by atoms with E-state index < -0.39 is 25.6 Å². The third-order valence-corrected chi connectivity index (χ3v) is 19.9. The van der Waals surface area contributed by atoms with Gasteiger partial charge in [0.15, 0.2) is 0 Å². The Morgan fingerprint density at radius 2 is 1.06 bits per heavy atom. The summed E-state index contributed by atoms with van der Waals surface area (Å²) >= 11 is 18.6. The van der Waals surface area contributed by atoms with Gasteiger partial charge < -0.3 is 35.1 Å². The van der Waals surface area contributed by atoms with E-state index >= 15 is 0 Å². The first-order chi connectivity index (χ1) is 41.3. The van der Waals surface area contributed by atoms with Gasteiger partial charge in [-0.2, -0.15) is 19.6 Å². The van der Waals surface area contributed by atoms with Gasteiger partial charge in [-0.3, -0.25) is 29.4 Å². The molecule has 0 radical (unpaired) electrons. The second-order valence-electron chi connectivity index (χ2n) is 23.7. The first-order valence-electron chi connectivity index (χ1n) is 28.8. The summed E-state index contributed by atoms with van der Waals surface area (Å²) in [6.07, 6.45) is 15.2.